The van der Waals surface area contributed by atoms with E-state index in [-0.39, 0.29) is 43.0 Å². The van der Waals surface area contributed by atoms with Crippen LogP contribution in [-0.4, -0.2) is 47.1 Å². The third-order valence-electron chi connectivity index (χ3n) is 8.37. The lowest BCUT2D eigenvalue weighted by molar-refractivity contribution is 0.0610. The molecule has 1 unspecified atom stereocenters. The van der Waals surface area contributed by atoms with Crippen LogP contribution in [0.25, 0.3) is 28.2 Å². The number of hydrogen-bond acceptors (Lipinski definition) is 8. The molecule has 1 aliphatic heterocycles. The van der Waals surface area contributed by atoms with Crippen molar-refractivity contribution >= 4 is 38.8 Å². The van der Waals surface area contributed by atoms with E-state index in [2.05, 4.69) is 36.4 Å². The van der Waals surface area contributed by atoms with Gasteiger partial charge in [0.1, 0.15) is 11.2 Å². The number of aryl methyl sites for hydroxylation is 3. The fraction of sp³-hybridized carbons (Fsp3) is 0.235. The van der Waals surface area contributed by atoms with Gasteiger partial charge >= 0.3 is 5.69 Å². The van der Waals surface area contributed by atoms with Gasteiger partial charge in [-0.1, -0.05) is 34.1 Å². The average Bonchev–Trinajstić information content (AvgIpc) is 3.74. The molecule has 3 aromatic carbocycles. The Hall–Kier alpha value is -5.30. The van der Waals surface area contributed by atoms with Crippen LogP contribution in [0, 0.1) is 20.8 Å². The van der Waals surface area contributed by atoms with Crippen LogP contribution < -0.4 is 11.0 Å². The van der Waals surface area contributed by atoms with E-state index in [1.165, 1.54) is 4.57 Å². The maximum atomic E-state index is 14.2. The highest BCUT2D eigenvalue weighted by molar-refractivity contribution is 9.10. The summed E-state index contributed by atoms with van der Waals surface area (Å²) in [5.74, 6) is 0.585. The van der Waals surface area contributed by atoms with Gasteiger partial charge < -0.3 is 19.1 Å². The molecule has 7 rings (SSSR count). The number of nitrogens with zero attached hydrogens (tertiary/aromatic N) is 6. The molecule has 13 heteroatoms. The Kier molecular flexibility index (Phi) is 7.63. The lowest BCUT2D eigenvalue weighted by Gasteiger charge is -2.34. The zero-order valence-corrected chi connectivity index (χ0v) is 27.7. The maximum absolute atomic E-state index is 14.2. The predicted molar refractivity (Wildman–Crippen MR) is 176 cm³/mol. The molecule has 6 aromatic rings. The molecule has 0 aliphatic carbocycles. The van der Waals surface area contributed by atoms with Gasteiger partial charge in [0.15, 0.2) is 11.5 Å². The number of aromatic nitrogens is 5. The molecule has 12 nitrogen and oxygen atoms in total. The monoisotopic (exact) mass is 695 g/mol. The number of amides is 2. The van der Waals surface area contributed by atoms with Crippen LogP contribution in [0.3, 0.4) is 0 Å². The molecule has 0 saturated heterocycles. The molecule has 0 saturated carbocycles. The van der Waals surface area contributed by atoms with Crippen LogP contribution >= 0.6 is 15.9 Å². The zero-order valence-electron chi connectivity index (χ0n) is 26.1. The predicted octanol–water partition coefficient (Wildman–Crippen LogP) is 5.49. The number of benzene rings is 3. The second-order valence-electron chi connectivity index (χ2n) is 11.6. The number of hydrogen-bond donors (Lipinski definition) is 1. The largest absolute Gasteiger partial charge is 0.441 e. The van der Waals surface area contributed by atoms with E-state index in [1.807, 2.05) is 50.2 Å². The molecular formula is C34H30BrN7O5. The number of oxazole rings is 1. The Bertz CT molecular complexity index is 2260. The van der Waals surface area contributed by atoms with Crippen LogP contribution in [0.2, 0.25) is 0 Å². The van der Waals surface area contributed by atoms with Crippen LogP contribution in [0.5, 0.6) is 0 Å². The Labute approximate surface area is 277 Å². The Morgan fingerprint density at radius 1 is 1.00 bits per heavy atom. The second kappa shape index (κ2) is 11.8. The van der Waals surface area contributed by atoms with Crippen LogP contribution in [0.4, 0.5) is 0 Å². The first-order valence-corrected chi connectivity index (χ1v) is 15.8. The molecule has 0 fully saturated rings. The van der Waals surface area contributed by atoms with Gasteiger partial charge in [0.25, 0.3) is 11.8 Å². The van der Waals surface area contributed by atoms with E-state index in [4.69, 9.17) is 8.83 Å². The van der Waals surface area contributed by atoms with Crippen molar-refractivity contribution in [3.8, 4) is 17.1 Å². The lowest BCUT2D eigenvalue weighted by atomic mass is 10.1. The van der Waals surface area contributed by atoms with Crippen molar-refractivity contribution in [1.29, 1.82) is 0 Å². The number of halogens is 1. The van der Waals surface area contributed by atoms with E-state index in [0.29, 0.717) is 51.3 Å². The van der Waals surface area contributed by atoms with Crippen LogP contribution in [-0.2, 0) is 19.6 Å². The van der Waals surface area contributed by atoms with Crippen molar-refractivity contribution in [2.24, 2.45) is 0 Å². The topological polar surface area (TPSA) is 141 Å². The number of carbonyl (C=O) groups is 2. The minimum Gasteiger partial charge on any atom is -0.441 e. The Morgan fingerprint density at radius 3 is 2.57 bits per heavy atom. The van der Waals surface area contributed by atoms with E-state index in [9.17, 15) is 14.4 Å². The third kappa shape index (κ3) is 5.46. The van der Waals surface area contributed by atoms with E-state index in [1.54, 1.807) is 47.6 Å². The van der Waals surface area contributed by atoms with Gasteiger partial charge in [-0.3, -0.25) is 18.7 Å². The summed E-state index contributed by atoms with van der Waals surface area (Å²) >= 11 is 3.50. The van der Waals surface area contributed by atoms with Gasteiger partial charge in [-0.2, -0.15) is 0 Å². The van der Waals surface area contributed by atoms with Gasteiger partial charge in [-0.25, -0.2) is 9.78 Å². The van der Waals surface area contributed by atoms with Crippen LogP contribution in [0.1, 0.15) is 56.4 Å². The van der Waals surface area contributed by atoms with Crippen molar-refractivity contribution in [3.05, 3.63) is 115 Å². The van der Waals surface area contributed by atoms with Crippen molar-refractivity contribution in [1.82, 2.24) is 34.5 Å². The molecule has 238 valence electrons. The highest BCUT2D eigenvalue weighted by Crippen LogP contribution is 2.28. The molecule has 1 N–H and O–H groups in total. The summed E-state index contributed by atoms with van der Waals surface area (Å²) in [7, 11) is 0. The summed E-state index contributed by atoms with van der Waals surface area (Å²) in [5.41, 5.74) is 4.66. The first kappa shape index (κ1) is 30.4. The fourth-order valence-electron chi connectivity index (χ4n) is 6.02. The highest BCUT2D eigenvalue weighted by atomic mass is 79.9. The number of carbonyl (C=O) groups excluding carboxylic acids is 2. The molecule has 3 aromatic heterocycles. The number of rotatable bonds is 6. The standard InChI is InChI=1S/C34H30BrN7O5/c1-18-13-22(9-11-26(18)35)33(44)40-17-28-30(31(43)36-15-23-7-5-6-8-25(23)32-39-38-21(4)47-32)42(34(45)41(28)16-19(40)2)24-10-12-29-27(14-24)37-20(3)46-29/h5-14,19H,15-17H2,1-4H3,(H,36,43). The summed E-state index contributed by atoms with van der Waals surface area (Å²) in [6, 6.07) is 17.7. The molecule has 47 heavy (non-hydrogen) atoms. The molecule has 1 atom stereocenters. The third-order valence-corrected chi connectivity index (χ3v) is 9.26. The van der Waals surface area contributed by atoms with Gasteiger partial charge in [0.2, 0.25) is 11.8 Å². The summed E-state index contributed by atoms with van der Waals surface area (Å²) in [4.78, 5) is 48.4. The highest BCUT2D eigenvalue weighted by Gasteiger charge is 2.35. The average molecular weight is 697 g/mol. The molecule has 1 aliphatic rings. The smallest absolute Gasteiger partial charge is 0.333 e. The summed E-state index contributed by atoms with van der Waals surface area (Å²) in [6.07, 6.45) is 0. The Balaban J connectivity index is 1.30. The van der Waals surface area contributed by atoms with Crippen molar-refractivity contribution in [2.75, 3.05) is 0 Å². The van der Waals surface area contributed by atoms with Crippen LogP contribution in [0.15, 0.2) is 78.8 Å². The lowest BCUT2D eigenvalue weighted by Crippen LogP contribution is -2.47. The quantitative estimate of drug-likeness (QED) is 0.241. The molecule has 4 heterocycles. The van der Waals surface area contributed by atoms with Crippen molar-refractivity contribution < 1.29 is 18.4 Å². The summed E-state index contributed by atoms with van der Waals surface area (Å²) < 4.78 is 15.2. The number of imidazole rings is 1. The second-order valence-corrected chi connectivity index (χ2v) is 12.5. The summed E-state index contributed by atoms with van der Waals surface area (Å²) in [6.45, 7) is 7.67. The van der Waals surface area contributed by atoms with Crippen molar-refractivity contribution in [3.63, 3.8) is 0 Å². The van der Waals surface area contributed by atoms with Gasteiger partial charge in [0.05, 0.1) is 17.9 Å². The maximum Gasteiger partial charge on any atom is 0.333 e. The van der Waals surface area contributed by atoms with Gasteiger partial charge in [-0.05, 0) is 67.4 Å². The van der Waals surface area contributed by atoms with E-state index in [0.717, 1.165) is 15.6 Å². The number of fused-ring (bicyclic) bond motifs is 2. The molecular weight excluding hydrogens is 666 g/mol. The van der Waals surface area contributed by atoms with Gasteiger partial charge in [-0.15, -0.1) is 10.2 Å². The first-order chi connectivity index (χ1) is 22.6. The Morgan fingerprint density at radius 2 is 1.81 bits per heavy atom. The molecule has 2 amide bonds. The van der Waals surface area contributed by atoms with Gasteiger partial charge in [0, 0.05) is 48.6 Å². The first-order valence-electron chi connectivity index (χ1n) is 15.0. The normalized spacial score (nSPS) is 14.4. The molecule has 0 spiro atoms. The van der Waals surface area contributed by atoms with E-state index < -0.39 is 5.91 Å². The summed E-state index contributed by atoms with van der Waals surface area (Å²) in [5, 5.41) is 11.1. The zero-order chi connectivity index (χ0) is 33.0. The molecule has 0 radical (unpaired) electrons. The number of nitrogens with one attached hydrogen (secondary N) is 1. The molecule has 0 bridgehead atoms. The van der Waals surface area contributed by atoms with Crippen molar-refractivity contribution in [2.45, 2.75) is 53.4 Å². The minimum absolute atomic E-state index is 0.0588. The fourth-order valence-corrected chi connectivity index (χ4v) is 6.27. The SMILES string of the molecule is Cc1nnc(-c2ccccc2CNC(=O)c2c3n(c(=O)n2-c2ccc4oc(C)nc4c2)CC(C)N(C(=O)c2ccc(Br)c(C)c2)C3)o1. The van der Waals surface area contributed by atoms with E-state index >= 15 is 0 Å². The minimum atomic E-state index is -0.481.